The van der Waals surface area contributed by atoms with Crippen molar-refractivity contribution in [1.82, 2.24) is 30.4 Å². The van der Waals surface area contributed by atoms with Crippen molar-refractivity contribution in [1.29, 1.82) is 0 Å². The number of carbonyl (C=O) groups is 1. The Balaban J connectivity index is 1.45. The zero-order valence-electron chi connectivity index (χ0n) is 18.3. The maximum Gasteiger partial charge on any atom is 0.259 e. The van der Waals surface area contributed by atoms with Crippen molar-refractivity contribution >= 4 is 27.5 Å². The molecular weight excluding hydrogens is 428 g/mol. The largest absolute Gasteiger partial charge is 0.344 e. The number of H-pyrrole nitrogens is 1. The molecule has 2 N–H and O–H groups in total. The van der Waals surface area contributed by atoms with Gasteiger partial charge >= 0.3 is 0 Å². The lowest BCUT2D eigenvalue weighted by atomic mass is 10.0. The first-order valence-electron chi connectivity index (χ1n) is 10.4. The normalized spacial score (nSPS) is 12.4. The van der Waals surface area contributed by atoms with E-state index in [-0.39, 0.29) is 23.8 Å². The number of aromatic nitrogens is 5. The van der Waals surface area contributed by atoms with Gasteiger partial charge in [-0.1, -0.05) is 19.0 Å². The fourth-order valence-corrected chi connectivity index (χ4v) is 4.44. The minimum Gasteiger partial charge on any atom is -0.344 e. The predicted molar refractivity (Wildman–Crippen MR) is 121 cm³/mol. The van der Waals surface area contributed by atoms with Crippen LogP contribution >= 0.6 is 11.3 Å². The van der Waals surface area contributed by atoms with Crippen LogP contribution in [0.3, 0.4) is 0 Å². The van der Waals surface area contributed by atoms with Crippen LogP contribution in [0.4, 0.5) is 0 Å². The molecule has 9 nitrogen and oxygen atoms in total. The summed E-state index contributed by atoms with van der Waals surface area (Å²) < 4.78 is 5.43. The number of hydrogen-bond donors (Lipinski definition) is 2. The molecule has 166 valence electrons. The summed E-state index contributed by atoms with van der Waals surface area (Å²) in [7, 11) is 0. The minimum atomic E-state index is -0.428. The molecule has 4 rings (SSSR count). The smallest absolute Gasteiger partial charge is 0.259 e. The fraction of sp³-hybridized carbons (Fsp3) is 0.364. The summed E-state index contributed by atoms with van der Waals surface area (Å²) in [6.07, 6.45) is 3.81. The molecule has 0 bridgehead atoms. The van der Waals surface area contributed by atoms with E-state index in [9.17, 15) is 9.59 Å². The van der Waals surface area contributed by atoms with Gasteiger partial charge < -0.3 is 14.8 Å². The first-order chi connectivity index (χ1) is 15.3. The van der Waals surface area contributed by atoms with Crippen LogP contribution in [-0.4, -0.2) is 31.0 Å². The molecule has 10 heteroatoms. The van der Waals surface area contributed by atoms with Crippen LogP contribution < -0.4 is 10.9 Å². The van der Waals surface area contributed by atoms with Gasteiger partial charge in [0.1, 0.15) is 16.7 Å². The number of aromatic amines is 1. The quantitative estimate of drug-likeness (QED) is 0.439. The van der Waals surface area contributed by atoms with Crippen LogP contribution in [0.15, 0.2) is 33.8 Å². The number of carbonyl (C=O) groups excluding carboxylic acids is 1. The number of pyridine rings is 1. The van der Waals surface area contributed by atoms with Gasteiger partial charge in [-0.2, -0.15) is 4.98 Å². The highest BCUT2D eigenvalue weighted by atomic mass is 32.1. The van der Waals surface area contributed by atoms with Crippen LogP contribution in [0.1, 0.15) is 48.5 Å². The average molecular weight is 453 g/mol. The van der Waals surface area contributed by atoms with Gasteiger partial charge in [0.05, 0.1) is 5.39 Å². The molecule has 0 saturated carbocycles. The van der Waals surface area contributed by atoms with Gasteiger partial charge in [0.25, 0.3) is 5.56 Å². The molecule has 4 heterocycles. The topological polar surface area (TPSA) is 127 Å². The van der Waals surface area contributed by atoms with Gasteiger partial charge in [-0.3, -0.25) is 14.6 Å². The van der Waals surface area contributed by atoms with E-state index >= 15 is 0 Å². The Morgan fingerprint density at radius 1 is 1.22 bits per heavy atom. The first-order valence-corrected chi connectivity index (χ1v) is 11.2. The number of nitrogens with zero attached hydrogens (tertiary/aromatic N) is 4. The number of fused-ring (bicyclic) bond motifs is 1. The molecule has 4 aromatic heterocycles. The predicted octanol–water partition coefficient (Wildman–Crippen LogP) is 3.49. The molecule has 0 radical (unpaired) electrons. The summed E-state index contributed by atoms with van der Waals surface area (Å²) in [5, 5.41) is 7.62. The molecule has 0 spiro atoms. The summed E-state index contributed by atoms with van der Waals surface area (Å²) in [6.45, 7) is 7.82. The Labute approximate surface area is 188 Å². The van der Waals surface area contributed by atoms with Gasteiger partial charge in [0.15, 0.2) is 0 Å². The summed E-state index contributed by atoms with van der Waals surface area (Å²) in [6, 6.07) is 3.15. The van der Waals surface area contributed by atoms with Crippen LogP contribution in [0.2, 0.25) is 0 Å². The number of hydrogen-bond acceptors (Lipinski definition) is 8. The lowest BCUT2D eigenvalue weighted by Gasteiger charge is -2.18. The van der Waals surface area contributed by atoms with Crippen LogP contribution in [0.25, 0.3) is 21.6 Å². The summed E-state index contributed by atoms with van der Waals surface area (Å²) >= 11 is 1.49. The summed E-state index contributed by atoms with van der Waals surface area (Å²) in [4.78, 5) is 42.6. The molecule has 0 saturated heterocycles. The summed E-state index contributed by atoms with van der Waals surface area (Å²) in [5.41, 5.74) is 1.57. The second kappa shape index (κ2) is 8.99. The summed E-state index contributed by atoms with van der Waals surface area (Å²) in [5.74, 6) is 1.14. The van der Waals surface area contributed by atoms with Crippen molar-refractivity contribution < 1.29 is 9.32 Å². The van der Waals surface area contributed by atoms with Crippen LogP contribution in [0, 0.1) is 19.8 Å². The molecule has 0 aliphatic carbocycles. The average Bonchev–Trinajstić information content (AvgIpc) is 3.36. The van der Waals surface area contributed by atoms with Gasteiger partial charge in [0, 0.05) is 35.7 Å². The lowest BCUT2D eigenvalue weighted by molar-refractivity contribution is -0.122. The number of thiophene rings is 1. The monoisotopic (exact) mass is 452 g/mol. The highest BCUT2D eigenvalue weighted by molar-refractivity contribution is 7.18. The van der Waals surface area contributed by atoms with Gasteiger partial charge in [-0.15, -0.1) is 11.3 Å². The lowest BCUT2D eigenvalue weighted by Crippen LogP contribution is -2.32. The third-order valence-corrected chi connectivity index (χ3v) is 6.41. The standard InChI is InChI=1S/C22H24N6O3S/c1-11(2)18(21-27-19(28-31-21)14-7-9-23-10-8-14)26-16(29)6-5-15-24-20(30)17-12(3)13(4)32-22(17)25-15/h7-11,18H,5-6H2,1-4H3,(H,26,29)(H,24,25,30). The Kier molecular flexibility index (Phi) is 6.13. The molecular formula is C22H24N6O3S. The van der Waals surface area contributed by atoms with Crippen molar-refractivity contribution in [2.45, 2.75) is 46.6 Å². The van der Waals surface area contributed by atoms with Gasteiger partial charge in [-0.05, 0) is 37.5 Å². The van der Waals surface area contributed by atoms with Gasteiger partial charge in [-0.25, -0.2) is 4.98 Å². The van der Waals surface area contributed by atoms with E-state index in [1.807, 2.05) is 27.7 Å². The van der Waals surface area contributed by atoms with Crippen LogP contribution in [-0.2, 0) is 11.2 Å². The Bertz CT molecular complexity index is 1310. The van der Waals surface area contributed by atoms with E-state index in [1.54, 1.807) is 24.5 Å². The van der Waals surface area contributed by atoms with Crippen molar-refractivity contribution in [3.63, 3.8) is 0 Å². The zero-order chi connectivity index (χ0) is 22.8. The number of aryl methyl sites for hydroxylation is 3. The first kappa shape index (κ1) is 21.8. The molecule has 4 aromatic rings. The molecule has 1 atom stereocenters. The highest BCUT2D eigenvalue weighted by Gasteiger charge is 2.25. The zero-order valence-corrected chi connectivity index (χ0v) is 19.1. The Hall–Kier alpha value is -3.40. The second-order valence-corrected chi connectivity index (χ2v) is 9.16. The van der Waals surface area contributed by atoms with Crippen molar-refractivity contribution in [2.75, 3.05) is 0 Å². The fourth-order valence-electron chi connectivity index (χ4n) is 3.39. The minimum absolute atomic E-state index is 0.0380. The maximum atomic E-state index is 12.7. The molecule has 0 aromatic carbocycles. The number of rotatable bonds is 7. The number of amides is 1. The van der Waals surface area contributed by atoms with E-state index in [2.05, 4.69) is 30.4 Å². The SMILES string of the molecule is Cc1sc2nc(CCC(=O)NC(c3nc(-c4ccncc4)no3)C(C)C)[nH]c(=O)c2c1C. The molecule has 32 heavy (non-hydrogen) atoms. The van der Waals surface area contributed by atoms with E-state index in [0.717, 1.165) is 16.0 Å². The number of nitrogens with one attached hydrogen (secondary N) is 2. The second-order valence-electron chi connectivity index (χ2n) is 7.96. The van der Waals surface area contributed by atoms with Crippen LogP contribution in [0.5, 0.6) is 0 Å². The highest BCUT2D eigenvalue weighted by Crippen LogP contribution is 2.26. The Morgan fingerprint density at radius 2 is 1.97 bits per heavy atom. The van der Waals surface area contributed by atoms with Crippen molar-refractivity contribution in [3.8, 4) is 11.4 Å². The van der Waals surface area contributed by atoms with Crippen molar-refractivity contribution in [3.05, 3.63) is 57.0 Å². The Morgan fingerprint density at radius 3 is 2.69 bits per heavy atom. The molecule has 1 unspecified atom stereocenters. The van der Waals surface area contributed by atoms with E-state index in [1.165, 1.54) is 11.3 Å². The van der Waals surface area contributed by atoms with E-state index < -0.39 is 6.04 Å². The van der Waals surface area contributed by atoms with E-state index in [0.29, 0.717) is 34.2 Å². The maximum absolute atomic E-state index is 12.7. The van der Waals surface area contributed by atoms with E-state index in [4.69, 9.17) is 4.52 Å². The van der Waals surface area contributed by atoms with Gasteiger partial charge in [0.2, 0.25) is 17.6 Å². The molecule has 0 aliphatic heterocycles. The molecule has 0 aliphatic rings. The molecule has 1 amide bonds. The third-order valence-electron chi connectivity index (χ3n) is 5.31. The van der Waals surface area contributed by atoms with Crippen molar-refractivity contribution in [2.24, 2.45) is 5.92 Å². The molecule has 0 fully saturated rings. The third kappa shape index (κ3) is 4.45.